The van der Waals surface area contributed by atoms with Gasteiger partial charge in [-0.05, 0) is 33.6 Å². The minimum Gasteiger partial charge on any atom is -0.336 e. The highest BCUT2D eigenvalue weighted by Gasteiger charge is 2.29. The van der Waals surface area contributed by atoms with Gasteiger partial charge in [-0.25, -0.2) is 9.78 Å². The highest BCUT2D eigenvalue weighted by atomic mass is 16.2. The minimum absolute atomic E-state index is 0.106. The average molecular weight is 292 g/mol. The van der Waals surface area contributed by atoms with Gasteiger partial charge < -0.3 is 5.32 Å². The molecule has 21 heavy (non-hydrogen) atoms. The number of imidazole rings is 1. The molecule has 0 aliphatic heterocycles. The molecule has 5 heteroatoms. The van der Waals surface area contributed by atoms with E-state index >= 15 is 0 Å². The Balaban J connectivity index is 1.86. The molecule has 0 unspecified atom stereocenters. The third-order valence-electron chi connectivity index (χ3n) is 4.24. The Labute approximate surface area is 127 Å². The van der Waals surface area contributed by atoms with Crippen LogP contribution in [0.2, 0.25) is 0 Å². The lowest BCUT2D eigenvalue weighted by Crippen LogP contribution is -2.51. The van der Waals surface area contributed by atoms with Crippen LogP contribution >= 0.6 is 0 Å². The molecule has 1 aliphatic carbocycles. The zero-order chi connectivity index (χ0) is 15.3. The molecule has 0 spiro atoms. The summed E-state index contributed by atoms with van der Waals surface area (Å²) in [5.41, 5.74) is 0.141. The molecule has 1 amide bonds. The van der Waals surface area contributed by atoms with Gasteiger partial charge in [-0.2, -0.15) is 0 Å². The second-order valence-electron chi connectivity index (χ2n) is 6.86. The first kappa shape index (κ1) is 16.0. The molecule has 1 fully saturated rings. The Kier molecular flexibility index (Phi) is 5.39. The Morgan fingerprint density at radius 1 is 1.33 bits per heavy atom. The summed E-state index contributed by atoms with van der Waals surface area (Å²) in [4.78, 5) is 18.4. The number of hydrogen-bond donors (Lipinski definition) is 1. The van der Waals surface area contributed by atoms with E-state index in [1.54, 1.807) is 12.4 Å². The number of nitrogens with zero attached hydrogens (tertiary/aromatic N) is 3. The highest BCUT2D eigenvalue weighted by molar-refractivity contribution is 5.76. The van der Waals surface area contributed by atoms with Gasteiger partial charge in [0.1, 0.15) is 6.33 Å². The molecular formula is C16H28N4O. The molecule has 1 aliphatic rings. The summed E-state index contributed by atoms with van der Waals surface area (Å²) >= 11 is 0. The smallest absolute Gasteiger partial charge is 0.326 e. The van der Waals surface area contributed by atoms with Gasteiger partial charge in [0.05, 0.1) is 0 Å². The van der Waals surface area contributed by atoms with Crippen LogP contribution in [0, 0.1) is 0 Å². The van der Waals surface area contributed by atoms with Gasteiger partial charge in [0.15, 0.2) is 0 Å². The Bertz CT molecular complexity index is 430. The number of hydrogen-bond acceptors (Lipinski definition) is 3. The number of carbonyl (C=O) groups excluding carboxylic acids is 1. The summed E-state index contributed by atoms with van der Waals surface area (Å²) in [7, 11) is 0. The molecule has 0 radical (unpaired) electrons. The maximum Gasteiger partial charge on any atom is 0.326 e. The zero-order valence-electron chi connectivity index (χ0n) is 13.5. The van der Waals surface area contributed by atoms with Crippen molar-refractivity contribution in [2.45, 2.75) is 64.5 Å². The van der Waals surface area contributed by atoms with E-state index in [4.69, 9.17) is 0 Å². The van der Waals surface area contributed by atoms with Crippen LogP contribution in [0.1, 0.15) is 52.9 Å². The molecule has 1 saturated carbocycles. The van der Waals surface area contributed by atoms with E-state index in [1.165, 1.54) is 43.0 Å². The van der Waals surface area contributed by atoms with Crippen molar-refractivity contribution in [2.75, 3.05) is 13.1 Å². The van der Waals surface area contributed by atoms with Crippen LogP contribution < -0.4 is 5.32 Å². The summed E-state index contributed by atoms with van der Waals surface area (Å²) in [6.45, 7) is 8.36. The molecule has 0 atom stereocenters. The van der Waals surface area contributed by atoms with Gasteiger partial charge in [0.2, 0.25) is 0 Å². The number of rotatable bonds is 4. The van der Waals surface area contributed by atoms with Crippen LogP contribution in [-0.2, 0) is 0 Å². The molecule has 118 valence electrons. The highest BCUT2D eigenvalue weighted by Crippen LogP contribution is 2.27. The molecular weight excluding hydrogens is 264 g/mol. The molecule has 0 aromatic carbocycles. The molecule has 0 saturated heterocycles. The Morgan fingerprint density at radius 3 is 2.62 bits per heavy atom. The van der Waals surface area contributed by atoms with Crippen molar-refractivity contribution < 1.29 is 4.79 Å². The fourth-order valence-electron chi connectivity index (χ4n) is 3.21. The van der Waals surface area contributed by atoms with E-state index in [2.05, 4.69) is 36.0 Å². The second-order valence-corrected chi connectivity index (χ2v) is 6.86. The number of amides is 1. The van der Waals surface area contributed by atoms with Crippen molar-refractivity contribution in [3.05, 3.63) is 18.7 Å². The van der Waals surface area contributed by atoms with Crippen molar-refractivity contribution in [1.82, 2.24) is 19.8 Å². The van der Waals surface area contributed by atoms with Crippen LogP contribution in [0.4, 0.5) is 4.79 Å². The molecule has 1 heterocycles. The summed E-state index contributed by atoms with van der Waals surface area (Å²) in [6, 6.07) is 0.550. The number of carbonyl (C=O) groups is 1. The predicted octanol–water partition coefficient (Wildman–Crippen LogP) is 2.87. The van der Waals surface area contributed by atoms with E-state index in [1.807, 2.05) is 0 Å². The third-order valence-corrected chi connectivity index (χ3v) is 4.24. The van der Waals surface area contributed by atoms with Crippen LogP contribution in [0.15, 0.2) is 18.7 Å². The van der Waals surface area contributed by atoms with E-state index < -0.39 is 0 Å². The van der Waals surface area contributed by atoms with E-state index in [9.17, 15) is 4.79 Å². The minimum atomic E-state index is -0.106. The average Bonchev–Trinajstić information content (AvgIpc) is 2.97. The number of nitrogens with one attached hydrogen (secondary N) is 1. The standard InChI is InChI=1S/C16H28N4O/c1-16(2,3)20(14-7-5-4-6-8-14)12-10-18-15(21)19-11-9-17-13-19/h9,11,13-14H,4-8,10,12H2,1-3H3,(H,18,21). The summed E-state index contributed by atoms with van der Waals surface area (Å²) in [5.74, 6) is 0. The molecule has 1 aromatic heterocycles. The fraction of sp³-hybridized carbons (Fsp3) is 0.750. The topological polar surface area (TPSA) is 50.2 Å². The monoisotopic (exact) mass is 292 g/mol. The largest absolute Gasteiger partial charge is 0.336 e. The first-order chi connectivity index (χ1) is 9.98. The third kappa shape index (κ3) is 4.56. The number of aromatic nitrogens is 2. The van der Waals surface area contributed by atoms with Crippen molar-refractivity contribution in [2.24, 2.45) is 0 Å². The lowest BCUT2D eigenvalue weighted by molar-refractivity contribution is 0.0620. The summed E-state index contributed by atoms with van der Waals surface area (Å²) < 4.78 is 1.47. The normalized spacial score (nSPS) is 17.1. The van der Waals surface area contributed by atoms with E-state index in [0.717, 1.165) is 6.54 Å². The SMILES string of the molecule is CC(C)(C)N(CCNC(=O)n1ccnc1)C1CCCCC1. The molecule has 0 bridgehead atoms. The van der Waals surface area contributed by atoms with Crippen molar-refractivity contribution >= 4 is 6.03 Å². The van der Waals surface area contributed by atoms with Crippen molar-refractivity contribution in [3.63, 3.8) is 0 Å². The van der Waals surface area contributed by atoms with Gasteiger partial charge in [0, 0.05) is 37.1 Å². The second kappa shape index (κ2) is 7.07. The molecule has 5 nitrogen and oxygen atoms in total. The fourth-order valence-corrected chi connectivity index (χ4v) is 3.21. The van der Waals surface area contributed by atoms with E-state index in [0.29, 0.717) is 12.6 Å². The van der Waals surface area contributed by atoms with Gasteiger partial charge in [0.25, 0.3) is 0 Å². The molecule has 1 aromatic rings. The zero-order valence-corrected chi connectivity index (χ0v) is 13.5. The quantitative estimate of drug-likeness (QED) is 0.928. The summed E-state index contributed by atoms with van der Waals surface area (Å²) in [6.07, 6.45) is 11.4. The van der Waals surface area contributed by atoms with Crippen LogP contribution in [0.3, 0.4) is 0 Å². The lowest BCUT2D eigenvalue weighted by Gasteiger charge is -2.43. The van der Waals surface area contributed by atoms with Crippen LogP contribution in [0.5, 0.6) is 0 Å². The molecule has 2 rings (SSSR count). The van der Waals surface area contributed by atoms with Crippen molar-refractivity contribution in [1.29, 1.82) is 0 Å². The first-order valence-electron chi connectivity index (χ1n) is 8.01. The van der Waals surface area contributed by atoms with Gasteiger partial charge in [-0.15, -0.1) is 0 Å². The van der Waals surface area contributed by atoms with E-state index in [-0.39, 0.29) is 11.6 Å². The molecule has 1 N–H and O–H groups in total. The van der Waals surface area contributed by atoms with Gasteiger partial charge in [-0.3, -0.25) is 9.47 Å². The first-order valence-corrected chi connectivity index (χ1v) is 8.01. The maximum absolute atomic E-state index is 11.9. The van der Waals surface area contributed by atoms with Gasteiger partial charge in [-0.1, -0.05) is 19.3 Å². The predicted molar refractivity (Wildman–Crippen MR) is 84.4 cm³/mol. The van der Waals surface area contributed by atoms with Crippen molar-refractivity contribution in [3.8, 4) is 0 Å². The maximum atomic E-state index is 11.9. The van der Waals surface area contributed by atoms with Gasteiger partial charge >= 0.3 is 6.03 Å². The summed E-state index contributed by atoms with van der Waals surface area (Å²) in [5, 5.41) is 2.97. The Morgan fingerprint density at radius 2 is 2.05 bits per heavy atom. The van der Waals surface area contributed by atoms with Crippen LogP contribution in [-0.4, -0.2) is 45.2 Å². The lowest BCUT2D eigenvalue weighted by atomic mass is 9.90. The Hall–Kier alpha value is -1.36. The van der Waals surface area contributed by atoms with Crippen LogP contribution in [0.25, 0.3) is 0 Å².